The molecule has 20 heavy (non-hydrogen) atoms. The smallest absolute Gasteiger partial charge is 0.264 e. The topological polar surface area (TPSA) is 64.2 Å². The first-order valence-corrected chi connectivity index (χ1v) is 6.10. The van der Waals surface area contributed by atoms with E-state index in [-0.39, 0.29) is 5.56 Å². The highest BCUT2D eigenvalue weighted by Crippen LogP contribution is 2.26. The van der Waals surface area contributed by atoms with Crippen molar-refractivity contribution in [1.29, 1.82) is 0 Å². The number of H-pyrrole nitrogens is 1. The molecule has 0 saturated carbocycles. The molecule has 0 bridgehead atoms. The fourth-order valence-electron chi connectivity index (χ4n) is 1.80. The number of hydrogen-bond acceptors (Lipinski definition) is 4. The molecule has 0 aliphatic rings. The van der Waals surface area contributed by atoms with Gasteiger partial charge in [-0.05, 0) is 36.8 Å². The molecule has 1 heterocycles. The first-order valence-electron chi connectivity index (χ1n) is 6.10. The van der Waals surface area contributed by atoms with E-state index in [1.54, 1.807) is 14.2 Å². The fourth-order valence-corrected chi connectivity index (χ4v) is 1.80. The maximum atomic E-state index is 11.1. The number of hydrogen-bond donors (Lipinski definition) is 1. The monoisotopic (exact) mass is 272 g/mol. The van der Waals surface area contributed by atoms with E-state index in [1.807, 2.05) is 37.3 Å². The minimum absolute atomic E-state index is 0.207. The van der Waals surface area contributed by atoms with E-state index in [4.69, 9.17) is 9.47 Å². The highest BCUT2D eigenvalue weighted by Gasteiger charge is 2.03. The Morgan fingerprint density at radius 1 is 1.15 bits per heavy atom. The molecule has 0 aliphatic carbocycles. The lowest BCUT2D eigenvalue weighted by Gasteiger charge is -2.07. The third-order valence-corrected chi connectivity index (χ3v) is 2.90. The average molecular weight is 272 g/mol. The molecule has 0 atom stereocenters. The lowest BCUT2D eigenvalue weighted by atomic mass is 10.1. The van der Waals surface area contributed by atoms with Crippen molar-refractivity contribution in [1.82, 2.24) is 10.2 Å². The summed E-state index contributed by atoms with van der Waals surface area (Å²) in [4.78, 5) is 11.1. The van der Waals surface area contributed by atoms with Gasteiger partial charge in [-0.1, -0.05) is 0 Å². The van der Waals surface area contributed by atoms with Crippen LogP contribution in [0.15, 0.2) is 29.1 Å². The molecule has 5 nitrogen and oxygen atoms in total. The van der Waals surface area contributed by atoms with E-state index in [2.05, 4.69) is 10.2 Å². The summed E-state index contributed by atoms with van der Waals surface area (Å²) in [5.41, 5.74) is 2.22. The Labute approximate surface area is 116 Å². The molecule has 0 fully saturated rings. The van der Waals surface area contributed by atoms with Crippen LogP contribution in [-0.2, 0) is 0 Å². The largest absolute Gasteiger partial charge is 0.497 e. The number of rotatable bonds is 4. The molecule has 0 saturated heterocycles. The Morgan fingerprint density at radius 2 is 1.95 bits per heavy atom. The molecule has 2 rings (SSSR count). The molecule has 1 aromatic heterocycles. The van der Waals surface area contributed by atoms with E-state index in [1.165, 1.54) is 6.07 Å². The van der Waals surface area contributed by atoms with Crippen LogP contribution in [0.4, 0.5) is 0 Å². The maximum absolute atomic E-state index is 11.1. The molecule has 5 heteroatoms. The van der Waals surface area contributed by atoms with E-state index >= 15 is 0 Å². The predicted octanol–water partition coefficient (Wildman–Crippen LogP) is 2.27. The van der Waals surface area contributed by atoms with E-state index in [0.717, 1.165) is 16.9 Å². The van der Waals surface area contributed by atoms with Crippen molar-refractivity contribution in [2.24, 2.45) is 0 Å². The van der Waals surface area contributed by atoms with Crippen LogP contribution in [0.1, 0.15) is 16.8 Å². The molecule has 1 aromatic carbocycles. The van der Waals surface area contributed by atoms with Crippen LogP contribution < -0.4 is 15.0 Å². The second kappa shape index (κ2) is 6.06. The molecule has 2 aromatic rings. The normalized spacial score (nSPS) is 10.8. The minimum Gasteiger partial charge on any atom is -0.497 e. The van der Waals surface area contributed by atoms with Crippen molar-refractivity contribution < 1.29 is 9.47 Å². The third kappa shape index (κ3) is 3.06. The van der Waals surface area contributed by atoms with Crippen molar-refractivity contribution in [2.45, 2.75) is 6.92 Å². The molecular formula is C15H16N2O3. The summed E-state index contributed by atoms with van der Waals surface area (Å²) >= 11 is 0. The summed E-state index contributed by atoms with van der Waals surface area (Å²) in [6, 6.07) is 7.08. The highest BCUT2D eigenvalue weighted by molar-refractivity contribution is 5.72. The zero-order valence-corrected chi connectivity index (χ0v) is 11.6. The van der Waals surface area contributed by atoms with Crippen molar-refractivity contribution >= 4 is 12.2 Å². The zero-order valence-electron chi connectivity index (χ0n) is 11.6. The summed E-state index contributed by atoms with van der Waals surface area (Å²) in [7, 11) is 3.22. The van der Waals surface area contributed by atoms with Gasteiger partial charge in [0.05, 0.1) is 19.9 Å². The van der Waals surface area contributed by atoms with Gasteiger partial charge in [0.2, 0.25) is 0 Å². The van der Waals surface area contributed by atoms with Crippen LogP contribution in [-0.4, -0.2) is 24.4 Å². The van der Waals surface area contributed by atoms with Gasteiger partial charge in [0.25, 0.3) is 5.56 Å². The molecule has 0 spiro atoms. The molecule has 0 aliphatic heterocycles. The van der Waals surface area contributed by atoms with Crippen LogP contribution in [0.5, 0.6) is 11.5 Å². The summed E-state index contributed by atoms with van der Waals surface area (Å²) < 4.78 is 10.5. The van der Waals surface area contributed by atoms with E-state index in [0.29, 0.717) is 11.4 Å². The number of aryl methyl sites for hydroxylation is 1. The zero-order chi connectivity index (χ0) is 14.5. The van der Waals surface area contributed by atoms with Gasteiger partial charge in [0.15, 0.2) is 0 Å². The number of aromatic nitrogens is 2. The number of nitrogens with one attached hydrogen (secondary N) is 1. The van der Waals surface area contributed by atoms with Crippen molar-refractivity contribution in [3.8, 4) is 11.5 Å². The van der Waals surface area contributed by atoms with Gasteiger partial charge in [-0.25, -0.2) is 5.10 Å². The van der Waals surface area contributed by atoms with Gasteiger partial charge in [0.1, 0.15) is 11.5 Å². The number of aromatic amines is 1. The van der Waals surface area contributed by atoms with Gasteiger partial charge in [-0.3, -0.25) is 4.79 Å². The highest BCUT2D eigenvalue weighted by atomic mass is 16.5. The Bertz CT molecular complexity index is 690. The van der Waals surface area contributed by atoms with Gasteiger partial charge < -0.3 is 9.47 Å². The van der Waals surface area contributed by atoms with Crippen LogP contribution in [0.3, 0.4) is 0 Å². The Kier molecular flexibility index (Phi) is 4.20. The van der Waals surface area contributed by atoms with Crippen LogP contribution in [0, 0.1) is 6.92 Å². The lowest BCUT2D eigenvalue weighted by molar-refractivity contribution is 0.394. The third-order valence-electron chi connectivity index (χ3n) is 2.90. The van der Waals surface area contributed by atoms with Gasteiger partial charge in [-0.2, -0.15) is 5.10 Å². The van der Waals surface area contributed by atoms with E-state index < -0.39 is 0 Å². The first-order chi connectivity index (χ1) is 9.63. The summed E-state index contributed by atoms with van der Waals surface area (Å²) in [6.07, 6.45) is 3.71. The van der Waals surface area contributed by atoms with Gasteiger partial charge >= 0.3 is 0 Å². The molecule has 104 valence electrons. The minimum atomic E-state index is -0.207. The van der Waals surface area contributed by atoms with Crippen LogP contribution in [0.2, 0.25) is 0 Å². The Morgan fingerprint density at radius 3 is 2.60 bits per heavy atom. The summed E-state index contributed by atoms with van der Waals surface area (Å²) in [5.74, 6) is 1.44. The van der Waals surface area contributed by atoms with Crippen molar-refractivity contribution in [3.05, 3.63) is 51.4 Å². The average Bonchev–Trinajstić information content (AvgIpc) is 2.46. The lowest BCUT2D eigenvalue weighted by Crippen LogP contribution is -2.08. The van der Waals surface area contributed by atoms with Crippen LogP contribution in [0.25, 0.3) is 12.2 Å². The molecule has 0 unspecified atom stereocenters. The fraction of sp³-hybridized carbons (Fsp3) is 0.200. The quantitative estimate of drug-likeness (QED) is 0.927. The standard InChI is InChI=1S/C15H16N2O3/c1-10-8-15(18)17-16-13(10)7-5-11-4-6-12(19-2)9-14(11)20-3/h4-9H,1-3H3,(H,17,18)/b7-5+. The number of methoxy groups -OCH3 is 2. The van der Waals surface area contributed by atoms with Gasteiger partial charge in [-0.15, -0.1) is 0 Å². The second-order valence-electron chi connectivity index (χ2n) is 4.24. The summed E-state index contributed by atoms with van der Waals surface area (Å²) in [5, 5.41) is 6.41. The molecule has 0 radical (unpaired) electrons. The Hall–Kier alpha value is -2.56. The molecule has 0 amide bonds. The Balaban J connectivity index is 2.33. The predicted molar refractivity (Wildman–Crippen MR) is 78.1 cm³/mol. The van der Waals surface area contributed by atoms with Crippen molar-refractivity contribution in [2.75, 3.05) is 14.2 Å². The second-order valence-corrected chi connectivity index (χ2v) is 4.24. The number of ether oxygens (including phenoxy) is 2. The maximum Gasteiger partial charge on any atom is 0.264 e. The van der Waals surface area contributed by atoms with Crippen LogP contribution >= 0.6 is 0 Å². The first kappa shape index (κ1) is 13.9. The molecule has 1 N–H and O–H groups in total. The SMILES string of the molecule is COc1ccc(/C=C/c2n[nH]c(=O)cc2C)c(OC)c1. The van der Waals surface area contributed by atoms with Gasteiger partial charge in [0, 0.05) is 17.7 Å². The molecular weight excluding hydrogens is 256 g/mol. The number of nitrogens with zero attached hydrogens (tertiary/aromatic N) is 1. The number of benzene rings is 1. The van der Waals surface area contributed by atoms with E-state index in [9.17, 15) is 4.79 Å². The summed E-state index contributed by atoms with van der Waals surface area (Å²) in [6.45, 7) is 1.84. The van der Waals surface area contributed by atoms with Crippen molar-refractivity contribution in [3.63, 3.8) is 0 Å².